The van der Waals surface area contributed by atoms with Crippen molar-refractivity contribution in [2.45, 2.75) is 30.6 Å². The van der Waals surface area contributed by atoms with Crippen molar-refractivity contribution in [3.8, 4) is 0 Å². The largest absolute Gasteiger partial charge is 0.316 e. The molecule has 2 atom stereocenters. The lowest BCUT2D eigenvalue weighted by Crippen LogP contribution is -2.30. The summed E-state index contributed by atoms with van der Waals surface area (Å²) in [5, 5.41) is 4.23. The molecule has 1 aliphatic rings. The second kappa shape index (κ2) is 3.47. The van der Waals surface area contributed by atoms with Crippen molar-refractivity contribution in [3.05, 3.63) is 0 Å². The molecule has 0 aliphatic heterocycles. The molecule has 54 valence electrons. The van der Waals surface area contributed by atoms with Crippen molar-refractivity contribution in [3.63, 3.8) is 0 Å². The third-order valence-electron chi connectivity index (χ3n) is 2.13. The zero-order valence-electron chi connectivity index (χ0n) is 6.18. The lowest BCUT2D eigenvalue weighted by Gasteiger charge is -2.15. The Morgan fingerprint density at radius 1 is 1.44 bits per heavy atom. The van der Waals surface area contributed by atoms with Gasteiger partial charge in [-0.1, -0.05) is 6.42 Å². The fourth-order valence-electron chi connectivity index (χ4n) is 1.54. The monoisotopic (exact) mass is 145 g/mol. The normalized spacial score (nSPS) is 35.3. The molecule has 0 amide bonds. The van der Waals surface area contributed by atoms with E-state index in [0.717, 1.165) is 11.3 Å². The van der Waals surface area contributed by atoms with Crippen LogP contribution in [-0.2, 0) is 0 Å². The van der Waals surface area contributed by atoms with Gasteiger partial charge in [0.25, 0.3) is 0 Å². The van der Waals surface area contributed by atoms with Gasteiger partial charge in [0.05, 0.1) is 0 Å². The van der Waals surface area contributed by atoms with Crippen LogP contribution in [0.3, 0.4) is 0 Å². The number of thioether (sulfide) groups is 1. The summed E-state index contributed by atoms with van der Waals surface area (Å²) < 4.78 is 0. The SMILES string of the molecule is CNC1CCCC1SC. The first-order chi connectivity index (χ1) is 4.38. The van der Waals surface area contributed by atoms with Crippen molar-refractivity contribution in [1.29, 1.82) is 0 Å². The second-order valence-corrected chi connectivity index (χ2v) is 3.68. The highest BCUT2D eigenvalue weighted by Gasteiger charge is 2.24. The first kappa shape index (κ1) is 7.42. The first-order valence-electron chi connectivity index (χ1n) is 3.58. The molecule has 1 nitrogen and oxygen atoms in total. The third kappa shape index (κ3) is 1.62. The summed E-state index contributed by atoms with van der Waals surface area (Å²) in [4.78, 5) is 0. The number of nitrogens with one attached hydrogen (secondary N) is 1. The molecule has 2 unspecified atom stereocenters. The van der Waals surface area contributed by atoms with Gasteiger partial charge in [-0.05, 0) is 26.1 Å². The van der Waals surface area contributed by atoms with Gasteiger partial charge in [-0.2, -0.15) is 11.8 Å². The maximum absolute atomic E-state index is 3.34. The average Bonchev–Trinajstić information content (AvgIpc) is 2.33. The van der Waals surface area contributed by atoms with Crippen molar-refractivity contribution >= 4 is 11.8 Å². The van der Waals surface area contributed by atoms with E-state index in [9.17, 15) is 0 Å². The van der Waals surface area contributed by atoms with Gasteiger partial charge >= 0.3 is 0 Å². The van der Waals surface area contributed by atoms with Crippen LogP contribution in [-0.4, -0.2) is 24.6 Å². The van der Waals surface area contributed by atoms with Crippen LogP contribution in [0.4, 0.5) is 0 Å². The molecular weight excluding hydrogens is 130 g/mol. The maximum atomic E-state index is 3.34. The minimum absolute atomic E-state index is 0.792. The highest BCUT2D eigenvalue weighted by Crippen LogP contribution is 2.27. The Bertz CT molecular complexity index is 75.0. The summed E-state index contributed by atoms with van der Waals surface area (Å²) >= 11 is 2.00. The van der Waals surface area contributed by atoms with Crippen LogP contribution in [0, 0.1) is 0 Å². The fraction of sp³-hybridized carbons (Fsp3) is 1.00. The Hall–Kier alpha value is 0.310. The van der Waals surface area contributed by atoms with E-state index in [4.69, 9.17) is 0 Å². The van der Waals surface area contributed by atoms with Crippen molar-refractivity contribution in [2.24, 2.45) is 0 Å². The van der Waals surface area contributed by atoms with Gasteiger partial charge in [-0.3, -0.25) is 0 Å². The second-order valence-electron chi connectivity index (χ2n) is 2.60. The number of rotatable bonds is 2. The molecule has 0 radical (unpaired) electrons. The lowest BCUT2D eigenvalue weighted by molar-refractivity contribution is 0.592. The predicted molar refractivity (Wildman–Crippen MR) is 44.0 cm³/mol. The summed E-state index contributed by atoms with van der Waals surface area (Å²) in [5.41, 5.74) is 0. The highest BCUT2D eigenvalue weighted by molar-refractivity contribution is 7.99. The van der Waals surface area contributed by atoms with Gasteiger partial charge in [0.1, 0.15) is 0 Å². The summed E-state index contributed by atoms with van der Waals surface area (Å²) in [5.74, 6) is 0. The Kier molecular flexibility index (Phi) is 2.86. The Morgan fingerprint density at radius 3 is 2.67 bits per heavy atom. The molecule has 1 saturated carbocycles. The van der Waals surface area contributed by atoms with E-state index < -0.39 is 0 Å². The van der Waals surface area contributed by atoms with Crippen molar-refractivity contribution < 1.29 is 0 Å². The van der Waals surface area contributed by atoms with Gasteiger partial charge in [0.15, 0.2) is 0 Å². The van der Waals surface area contributed by atoms with Crippen LogP contribution < -0.4 is 5.32 Å². The minimum Gasteiger partial charge on any atom is -0.316 e. The van der Waals surface area contributed by atoms with Crippen LogP contribution in [0.15, 0.2) is 0 Å². The van der Waals surface area contributed by atoms with Crippen molar-refractivity contribution in [2.75, 3.05) is 13.3 Å². The number of hydrogen-bond donors (Lipinski definition) is 1. The van der Waals surface area contributed by atoms with E-state index in [0.29, 0.717) is 0 Å². The molecule has 0 heterocycles. The molecule has 0 aromatic heterocycles. The van der Waals surface area contributed by atoms with Gasteiger partial charge < -0.3 is 5.32 Å². The van der Waals surface area contributed by atoms with Gasteiger partial charge in [0, 0.05) is 11.3 Å². The van der Waals surface area contributed by atoms with Crippen LogP contribution in [0.25, 0.3) is 0 Å². The molecule has 0 aromatic carbocycles. The standard InChI is InChI=1S/C7H15NS/c1-8-6-4-3-5-7(6)9-2/h6-8H,3-5H2,1-2H3. The lowest BCUT2D eigenvalue weighted by atomic mass is 10.2. The molecular formula is C7H15NS. The molecule has 1 aliphatic carbocycles. The molecule has 1 fully saturated rings. The fourth-order valence-corrected chi connectivity index (χ4v) is 2.54. The Labute approximate surface area is 61.6 Å². The zero-order chi connectivity index (χ0) is 6.69. The summed E-state index contributed by atoms with van der Waals surface area (Å²) in [7, 11) is 2.07. The number of hydrogen-bond acceptors (Lipinski definition) is 2. The van der Waals surface area contributed by atoms with Crippen LogP contribution in [0.1, 0.15) is 19.3 Å². The van der Waals surface area contributed by atoms with Crippen LogP contribution >= 0.6 is 11.8 Å². The zero-order valence-corrected chi connectivity index (χ0v) is 7.00. The molecule has 0 aromatic rings. The minimum atomic E-state index is 0.792. The quantitative estimate of drug-likeness (QED) is 0.632. The Morgan fingerprint density at radius 2 is 2.22 bits per heavy atom. The van der Waals surface area contributed by atoms with E-state index in [1.54, 1.807) is 0 Å². The summed E-state index contributed by atoms with van der Waals surface area (Å²) in [6, 6.07) is 0.792. The molecule has 1 N–H and O–H groups in total. The van der Waals surface area contributed by atoms with E-state index in [1.807, 2.05) is 11.8 Å². The summed E-state index contributed by atoms with van der Waals surface area (Å²) in [6.07, 6.45) is 6.41. The van der Waals surface area contributed by atoms with Crippen molar-refractivity contribution in [1.82, 2.24) is 5.32 Å². The summed E-state index contributed by atoms with van der Waals surface area (Å²) in [6.45, 7) is 0. The van der Waals surface area contributed by atoms with Gasteiger partial charge in [-0.15, -0.1) is 0 Å². The van der Waals surface area contributed by atoms with E-state index >= 15 is 0 Å². The topological polar surface area (TPSA) is 12.0 Å². The molecule has 9 heavy (non-hydrogen) atoms. The Balaban J connectivity index is 2.32. The predicted octanol–water partition coefficient (Wildman–Crippen LogP) is 1.49. The molecule has 2 heteroatoms. The molecule has 0 spiro atoms. The van der Waals surface area contributed by atoms with Gasteiger partial charge in [0.2, 0.25) is 0 Å². The van der Waals surface area contributed by atoms with Crippen LogP contribution in [0.2, 0.25) is 0 Å². The maximum Gasteiger partial charge on any atom is 0.0198 e. The van der Waals surface area contributed by atoms with E-state index in [2.05, 4.69) is 18.6 Å². The molecule has 0 saturated heterocycles. The smallest absolute Gasteiger partial charge is 0.0198 e. The highest BCUT2D eigenvalue weighted by atomic mass is 32.2. The van der Waals surface area contributed by atoms with E-state index in [-0.39, 0.29) is 0 Å². The third-order valence-corrected chi connectivity index (χ3v) is 3.30. The van der Waals surface area contributed by atoms with Crippen LogP contribution in [0.5, 0.6) is 0 Å². The first-order valence-corrected chi connectivity index (χ1v) is 4.87. The molecule has 0 bridgehead atoms. The average molecular weight is 145 g/mol. The molecule has 1 rings (SSSR count). The van der Waals surface area contributed by atoms with Gasteiger partial charge in [-0.25, -0.2) is 0 Å². The van der Waals surface area contributed by atoms with E-state index in [1.165, 1.54) is 19.3 Å².